The van der Waals surface area contributed by atoms with E-state index in [-0.39, 0.29) is 0 Å². The Balaban J connectivity index is 1.65. The van der Waals surface area contributed by atoms with Gasteiger partial charge in [-0.05, 0) is 69.5 Å². The van der Waals surface area contributed by atoms with E-state index < -0.39 is 0 Å². The normalized spacial score (nSPS) is 26.6. The number of fused-ring (bicyclic) bond motifs is 2. The molecule has 2 saturated heterocycles. The lowest BCUT2D eigenvalue weighted by Gasteiger charge is -2.20. The largest absolute Gasteiger partial charge is 0.355 e. The first-order valence-corrected chi connectivity index (χ1v) is 8.63. The highest BCUT2D eigenvalue weighted by Gasteiger charge is 2.39. The molecule has 4 rings (SSSR count). The van der Waals surface area contributed by atoms with Crippen molar-refractivity contribution in [2.75, 3.05) is 38.1 Å². The zero-order valence-corrected chi connectivity index (χ0v) is 14.9. The summed E-state index contributed by atoms with van der Waals surface area (Å²) < 4.78 is 3.81. The zero-order chi connectivity index (χ0) is 13.9. The molecule has 0 saturated carbocycles. The van der Waals surface area contributed by atoms with E-state index in [9.17, 15) is 0 Å². The Kier molecular flexibility index (Phi) is 3.19. The van der Waals surface area contributed by atoms with E-state index in [0.717, 1.165) is 44.7 Å². The molecule has 106 valence electrons. The molecule has 7 heteroatoms. The van der Waals surface area contributed by atoms with Crippen LogP contribution in [0.15, 0.2) is 16.7 Å². The van der Waals surface area contributed by atoms with Crippen LogP contribution in [0.4, 0.5) is 5.82 Å². The molecule has 20 heavy (non-hydrogen) atoms. The number of nitrogens with zero attached hydrogens (tertiary/aromatic N) is 5. The van der Waals surface area contributed by atoms with Crippen molar-refractivity contribution >= 4 is 50.0 Å². The number of aromatic nitrogens is 3. The van der Waals surface area contributed by atoms with Gasteiger partial charge in [0.05, 0.1) is 0 Å². The number of likely N-dealkylation sites (tertiary alicyclic amines) is 1. The minimum atomic E-state index is 0.797. The lowest BCUT2D eigenvalue weighted by molar-refractivity contribution is 0.386. The summed E-state index contributed by atoms with van der Waals surface area (Å²) in [4.78, 5) is 9.30. The van der Waals surface area contributed by atoms with Crippen molar-refractivity contribution in [3.05, 3.63) is 20.4 Å². The van der Waals surface area contributed by atoms with E-state index in [1.807, 2.05) is 4.52 Å². The van der Waals surface area contributed by atoms with E-state index in [1.54, 1.807) is 0 Å². The van der Waals surface area contributed by atoms with Gasteiger partial charge < -0.3 is 9.80 Å². The maximum Gasteiger partial charge on any atom is 0.156 e. The van der Waals surface area contributed by atoms with Crippen molar-refractivity contribution in [3.63, 3.8) is 0 Å². The van der Waals surface area contributed by atoms with E-state index in [0.29, 0.717) is 0 Å². The van der Waals surface area contributed by atoms with Gasteiger partial charge in [-0.3, -0.25) is 0 Å². The highest BCUT2D eigenvalue weighted by atomic mass is 127. The lowest BCUT2D eigenvalue weighted by Crippen LogP contribution is -2.27. The van der Waals surface area contributed by atoms with Gasteiger partial charge in [0.1, 0.15) is 14.1 Å². The summed E-state index contributed by atoms with van der Waals surface area (Å²) in [5.41, 5.74) is 0.893. The highest BCUT2D eigenvalue weighted by Crippen LogP contribution is 2.32. The Bertz CT molecular complexity index is 658. The predicted molar refractivity (Wildman–Crippen MR) is 90.1 cm³/mol. The Morgan fingerprint density at radius 3 is 2.60 bits per heavy atom. The topological polar surface area (TPSA) is 36.7 Å². The average molecular weight is 448 g/mol. The first kappa shape index (κ1) is 13.3. The summed E-state index contributed by atoms with van der Waals surface area (Å²) in [5, 5.41) is 4.75. The van der Waals surface area contributed by atoms with Gasteiger partial charge in [0, 0.05) is 26.2 Å². The van der Waals surface area contributed by atoms with Crippen molar-refractivity contribution in [3.8, 4) is 0 Å². The minimum absolute atomic E-state index is 0.797. The average Bonchev–Trinajstić information content (AvgIpc) is 3.02. The SMILES string of the molecule is CN1CC2CN(c3ccc4nc(Br)c(I)n4n3)CC2C1. The van der Waals surface area contributed by atoms with Gasteiger partial charge in [0.15, 0.2) is 5.65 Å². The molecule has 0 bridgehead atoms. The second-order valence-corrected chi connectivity index (χ2v) is 7.57. The molecule has 2 aromatic rings. The van der Waals surface area contributed by atoms with Crippen LogP contribution in [0.3, 0.4) is 0 Å². The Morgan fingerprint density at radius 1 is 1.20 bits per heavy atom. The van der Waals surface area contributed by atoms with Crippen LogP contribution in [-0.4, -0.2) is 52.7 Å². The third-order valence-electron chi connectivity index (χ3n) is 4.36. The number of hydrogen-bond acceptors (Lipinski definition) is 4. The smallest absolute Gasteiger partial charge is 0.156 e. The van der Waals surface area contributed by atoms with Crippen molar-refractivity contribution in [2.45, 2.75) is 0 Å². The van der Waals surface area contributed by atoms with Crippen molar-refractivity contribution in [2.24, 2.45) is 11.8 Å². The molecule has 2 aliphatic heterocycles. The predicted octanol–water partition coefficient (Wildman–Crippen LogP) is 2.09. The molecule has 4 heterocycles. The molecule has 0 N–H and O–H groups in total. The fraction of sp³-hybridized carbons (Fsp3) is 0.538. The molecule has 0 spiro atoms. The third kappa shape index (κ3) is 2.05. The van der Waals surface area contributed by atoms with Crippen molar-refractivity contribution in [1.29, 1.82) is 0 Å². The van der Waals surface area contributed by atoms with Crippen LogP contribution in [0.2, 0.25) is 0 Å². The van der Waals surface area contributed by atoms with Gasteiger partial charge in [-0.15, -0.1) is 5.10 Å². The van der Waals surface area contributed by atoms with E-state index in [1.165, 1.54) is 13.1 Å². The Hall–Kier alpha value is -0.410. The van der Waals surface area contributed by atoms with Crippen LogP contribution in [0.25, 0.3) is 5.65 Å². The zero-order valence-electron chi connectivity index (χ0n) is 11.1. The molecule has 2 atom stereocenters. The molecule has 2 fully saturated rings. The van der Waals surface area contributed by atoms with Crippen LogP contribution >= 0.6 is 38.5 Å². The maximum atomic E-state index is 4.75. The standard InChI is InChI=1S/C13H15BrIN5/c1-18-4-8-6-19(7-9(8)5-18)11-3-2-10-16-12(14)13(15)20(10)17-11/h2-3,8-9H,4-7H2,1H3. The summed E-state index contributed by atoms with van der Waals surface area (Å²) in [6.07, 6.45) is 0. The van der Waals surface area contributed by atoms with Gasteiger partial charge in [0.25, 0.3) is 0 Å². The number of hydrogen-bond donors (Lipinski definition) is 0. The van der Waals surface area contributed by atoms with Crippen LogP contribution in [0, 0.1) is 15.5 Å². The second kappa shape index (κ2) is 4.81. The van der Waals surface area contributed by atoms with Crippen LogP contribution < -0.4 is 4.90 Å². The molecule has 5 nitrogen and oxygen atoms in total. The summed E-state index contributed by atoms with van der Waals surface area (Å²) >= 11 is 5.74. The van der Waals surface area contributed by atoms with Gasteiger partial charge in [-0.2, -0.15) is 0 Å². The molecule has 0 amide bonds. The lowest BCUT2D eigenvalue weighted by atomic mass is 10.0. The van der Waals surface area contributed by atoms with Crippen LogP contribution in [0.1, 0.15) is 0 Å². The molecule has 2 aliphatic rings. The third-order valence-corrected chi connectivity index (χ3v) is 6.62. The molecular formula is C13H15BrIN5. The number of anilines is 1. The molecule has 2 aromatic heterocycles. The molecule has 0 aromatic carbocycles. The van der Waals surface area contributed by atoms with E-state index in [4.69, 9.17) is 5.10 Å². The van der Waals surface area contributed by atoms with Crippen molar-refractivity contribution in [1.82, 2.24) is 19.5 Å². The number of imidazole rings is 1. The summed E-state index contributed by atoms with van der Waals surface area (Å²) in [7, 11) is 2.22. The highest BCUT2D eigenvalue weighted by molar-refractivity contribution is 14.1. The van der Waals surface area contributed by atoms with Gasteiger partial charge in [0.2, 0.25) is 0 Å². The minimum Gasteiger partial charge on any atom is -0.355 e. The monoisotopic (exact) mass is 447 g/mol. The van der Waals surface area contributed by atoms with Gasteiger partial charge >= 0.3 is 0 Å². The van der Waals surface area contributed by atoms with E-state index >= 15 is 0 Å². The summed E-state index contributed by atoms with van der Waals surface area (Å²) in [6.45, 7) is 4.69. The second-order valence-electron chi connectivity index (χ2n) is 5.80. The molecular weight excluding hydrogens is 433 g/mol. The molecule has 2 unspecified atom stereocenters. The Labute approximate surface area is 139 Å². The summed E-state index contributed by atoms with van der Waals surface area (Å²) in [5.74, 6) is 2.66. The fourth-order valence-electron chi connectivity index (χ4n) is 3.45. The first-order valence-electron chi connectivity index (χ1n) is 6.76. The first-order chi connectivity index (χ1) is 9.61. The van der Waals surface area contributed by atoms with Crippen LogP contribution in [-0.2, 0) is 0 Å². The maximum absolute atomic E-state index is 4.75. The summed E-state index contributed by atoms with van der Waals surface area (Å²) in [6, 6.07) is 4.14. The fourth-order valence-corrected chi connectivity index (χ4v) is 4.28. The number of halogens is 2. The van der Waals surface area contributed by atoms with E-state index in [2.05, 4.69) is 72.5 Å². The molecule has 0 radical (unpaired) electrons. The van der Waals surface area contributed by atoms with Crippen molar-refractivity contribution < 1.29 is 0 Å². The van der Waals surface area contributed by atoms with Crippen LogP contribution in [0.5, 0.6) is 0 Å². The number of rotatable bonds is 1. The van der Waals surface area contributed by atoms with Gasteiger partial charge in [-0.25, -0.2) is 9.50 Å². The molecule has 0 aliphatic carbocycles. The Morgan fingerprint density at radius 2 is 1.90 bits per heavy atom. The van der Waals surface area contributed by atoms with Gasteiger partial charge in [-0.1, -0.05) is 0 Å². The quantitative estimate of drug-likeness (QED) is 0.627.